The molecule has 2 nitrogen and oxygen atoms in total. The van der Waals surface area contributed by atoms with Crippen LogP contribution < -0.4 is 0 Å². The lowest BCUT2D eigenvalue weighted by Crippen LogP contribution is -2.28. The van der Waals surface area contributed by atoms with Gasteiger partial charge in [-0.3, -0.25) is 0 Å². The molecule has 1 aromatic heterocycles. The summed E-state index contributed by atoms with van der Waals surface area (Å²) in [5.74, 6) is -0.225. The summed E-state index contributed by atoms with van der Waals surface area (Å²) in [6, 6.07) is 0. The molecule has 1 aromatic rings. The number of hydrogen-bond donors (Lipinski definition) is 0. The molecule has 1 rings (SSSR count). The maximum absolute atomic E-state index is 11.5. The lowest BCUT2D eigenvalue weighted by atomic mass is 10.6. The minimum absolute atomic E-state index is 0.225. The predicted octanol–water partition coefficient (Wildman–Crippen LogP) is 3.53. The highest BCUT2D eigenvalue weighted by atomic mass is 32.2. The molecule has 0 saturated carbocycles. The molecule has 0 atom stereocenters. The van der Waals surface area contributed by atoms with Gasteiger partial charge in [0.15, 0.2) is 0 Å². The molecule has 0 aliphatic rings. The van der Waals surface area contributed by atoms with Gasteiger partial charge in [-0.05, 0) is 19.6 Å². The molecule has 6 heteroatoms. The van der Waals surface area contributed by atoms with E-state index in [1.54, 1.807) is 5.38 Å². The van der Waals surface area contributed by atoms with Gasteiger partial charge in [0, 0.05) is 5.38 Å². The molecule has 0 radical (unpaired) electrons. The Morgan fingerprint density at radius 2 is 2.15 bits per heavy atom. The lowest BCUT2D eigenvalue weighted by molar-refractivity contribution is 0.0730. The van der Waals surface area contributed by atoms with E-state index in [1.807, 2.05) is 19.6 Å². The van der Waals surface area contributed by atoms with Gasteiger partial charge < -0.3 is 4.43 Å². The molecular formula is C7H10O2S3Si. The third-order valence-electron chi connectivity index (χ3n) is 1.06. The van der Waals surface area contributed by atoms with E-state index in [2.05, 4.69) is 0 Å². The van der Waals surface area contributed by atoms with Gasteiger partial charge in [0.1, 0.15) is 8.01 Å². The summed E-state index contributed by atoms with van der Waals surface area (Å²) in [4.78, 5) is 12.1. The van der Waals surface area contributed by atoms with Crippen LogP contribution in [0.1, 0.15) is 9.67 Å². The second kappa shape index (κ2) is 3.99. The van der Waals surface area contributed by atoms with Crippen molar-refractivity contribution < 1.29 is 9.22 Å². The van der Waals surface area contributed by atoms with E-state index in [9.17, 15) is 4.79 Å². The van der Waals surface area contributed by atoms with Gasteiger partial charge in [-0.1, -0.05) is 12.2 Å². The van der Waals surface area contributed by atoms with Gasteiger partial charge in [0.2, 0.25) is 8.32 Å². The SMILES string of the molecule is C[Si](C)(C)OC(=O)c1csc(=S)s1. The summed E-state index contributed by atoms with van der Waals surface area (Å²) in [5.41, 5.74) is 0. The fourth-order valence-corrected chi connectivity index (χ4v) is 3.36. The van der Waals surface area contributed by atoms with Crippen LogP contribution in [-0.4, -0.2) is 14.3 Å². The maximum Gasteiger partial charge on any atom is 0.335 e. The molecule has 0 N–H and O–H groups in total. The third-order valence-corrected chi connectivity index (χ3v) is 4.30. The summed E-state index contributed by atoms with van der Waals surface area (Å²) in [6.45, 7) is 5.95. The first-order chi connectivity index (χ1) is 5.88. The number of hydrogen-bond acceptors (Lipinski definition) is 5. The average Bonchev–Trinajstić information content (AvgIpc) is 2.31. The molecule has 72 valence electrons. The zero-order valence-electron chi connectivity index (χ0n) is 7.62. The fraction of sp³-hybridized carbons (Fsp3) is 0.429. The van der Waals surface area contributed by atoms with Gasteiger partial charge in [-0.25, -0.2) is 4.79 Å². The van der Waals surface area contributed by atoms with Gasteiger partial charge in [-0.15, -0.1) is 22.7 Å². The van der Waals surface area contributed by atoms with Crippen molar-refractivity contribution in [2.45, 2.75) is 19.6 Å². The number of rotatable bonds is 2. The third kappa shape index (κ3) is 3.68. The first-order valence-electron chi connectivity index (χ1n) is 3.70. The smallest absolute Gasteiger partial charge is 0.335 e. The van der Waals surface area contributed by atoms with E-state index in [0.29, 0.717) is 4.88 Å². The van der Waals surface area contributed by atoms with E-state index in [1.165, 1.54) is 22.7 Å². The Bertz CT molecular complexity index is 360. The van der Waals surface area contributed by atoms with E-state index >= 15 is 0 Å². The molecule has 0 spiro atoms. The summed E-state index contributed by atoms with van der Waals surface area (Å²) in [6.07, 6.45) is 0. The molecule has 0 saturated heterocycles. The molecule has 0 amide bonds. The van der Waals surface area contributed by atoms with Crippen LogP contribution in [0.2, 0.25) is 19.6 Å². The topological polar surface area (TPSA) is 26.3 Å². The molecular weight excluding hydrogens is 240 g/mol. The molecule has 0 aliphatic heterocycles. The summed E-state index contributed by atoms with van der Waals surface area (Å²) in [7, 11) is -1.77. The van der Waals surface area contributed by atoms with Crippen LogP contribution >= 0.6 is 34.9 Å². The van der Waals surface area contributed by atoms with Crippen LogP contribution in [0.5, 0.6) is 0 Å². The summed E-state index contributed by atoms with van der Waals surface area (Å²) in [5, 5.41) is 1.76. The van der Waals surface area contributed by atoms with E-state index in [-0.39, 0.29) is 5.97 Å². The van der Waals surface area contributed by atoms with Crippen LogP contribution in [0, 0.1) is 3.14 Å². The number of carbonyl (C=O) groups excluding carboxylic acids is 1. The van der Waals surface area contributed by atoms with Crippen molar-refractivity contribution >= 4 is 49.2 Å². The predicted molar refractivity (Wildman–Crippen MR) is 61.8 cm³/mol. The first kappa shape index (κ1) is 11.0. The number of carbonyl (C=O) groups is 1. The van der Waals surface area contributed by atoms with Crippen LogP contribution in [-0.2, 0) is 4.43 Å². The van der Waals surface area contributed by atoms with E-state index in [4.69, 9.17) is 16.6 Å². The van der Waals surface area contributed by atoms with Crippen molar-refractivity contribution in [2.75, 3.05) is 0 Å². The van der Waals surface area contributed by atoms with E-state index < -0.39 is 8.32 Å². The Morgan fingerprint density at radius 3 is 2.54 bits per heavy atom. The van der Waals surface area contributed by atoms with Gasteiger partial charge >= 0.3 is 5.97 Å². The van der Waals surface area contributed by atoms with Crippen molar-refractivity contribution in [3.05, 3.63) is 13.4 Å². The van der Waals surface area contributed by atoms with E-state index in [0.717, 1.165) is 3.14 Å². The summed E-state index contributed by atoms with van der Waals surface area (Å²) >= 11 is 7.66. The van der Waals surface area contributed by atoms with Crippen molar-refractivity contribution in [2.24, 2.45) is 0 Å². The van der Waals surface area contributed by atoms with Crippen LogP contribution in [0.15, 0.2) is 5.38 Å². The zero-order chi connectivity index (χ0) is 10.1. The maximum atomic E-state index is 11.5. The highest BCUT2D eigenvalue weighted by Gasteiger charge is 2.21. The van der Waals surface area contributed by atoms with Crippen molar-refractivity contribution in [1.82, 2.24) is 0 Å². The Kier molecular flexibility index (Phi) is 3.39. The Hall–Kier alpha value is -0.0431. The molecule has 0 fully saturated rings. The second-order valence-electron chi connectivity index (χ2n) is 3.45. The zero-order valence-corrected chi connectivity index (χ0v) is 11.1. The Morgan fingerprint density at radius 1 is 1.54 bits per heavy atom. The van der Waals surface area contributed by atoms with Crippen LogP contribution in [0.4, 0.5) is 0 Å². The Balaban J connectivity index is 2.75. The fourth-order valence-electron chi connectivity index (χ4n) is 0.658. The lowest BCUT2D eigenvalue weighted by Gasteiger charge is -2.15. The molecule has 0 bridgehead atoms. The van der Waals surface area contributed by atoms with Crippen LogP contribution in [0.3, 0.4) is 0 Å². The monoisotopic (exact) mass is 250 g/mol. The molecule has 0 aromatic carbocycles. The van der Waals surface area contributed by atoms with Crippen molar-refractivity contribution in [1.29, 1.82) is 0 Å². The normalized spacial score (nSPS) is 11.3. The van der Waals surface area contributed by atoms with Crippen molar-refractivity contribution in [3.63, 3.8) is 0 Å². The average molecular weight is 250 g/mol. The van der Waals surface area contributed by atoms with Crippen molar-refractivity contribution in [3.8, 4) is 0 Å². The highest BCUT2D eigenvalue weighted by Crippen LogP contribution is 2.19. The molecule has 1 heterocycles. The highest BCUT2D eigenvalue weighted by molar-refractivity contribution is 7.76. The minimum Gasteiger partial charge on any atom is -0.516 e. The van der Waals surface area contributed by atoms with Gasteiger partial charge in [0.05, 0.1) is 0 Å². The first-order valence-corrected chi connectivity index (χ1v) is 9.22. The van der Waals surface area contributed by atoms with Gasteiger partial charge in [-0.2, -0.15) is 0 Å². The molecule has 0 aliphatic carbocycles. The summed E-state index contributed by atoms with van der Waals surface area (Å²) < 4.78 is 6.07. The Labute approximate surface area is 91.3 Å². The second-order valence-corrected chi connectivity index (χ2v) is 11.0. The largest absolute Gasteiger partial charge is 0.516 e. The minimum atomic E-state index is -1.77. The standard InChI is InChI=1S/C7H10O2S3Si/c1-13(2,3)9-6(8)5-4-11-7(10)12-5/h4H,1-3H3. The van der Waals surface area contributed by atoms with Gasteiger partial charge in [0.25, 0.3) is 0 Å². The van der Waals surface area contributed by atoms with Crippen LogP contribution in [0.25, 0.3) is 0 Å². The molecule has 0 unspecified atom stereocenters. The molecule has 13 heavy (non-hydrogen) atoms. The quantitative estimate of drug-likeness (QED) is 0.593.